The number of hydrogen-bond donors (Lipinski definition) is 2. The molecule has 0 aliphatic carbocycles. The summed E-state index contributed by atoms with van der Waals surface area (Å²) >= 11 is 2.92. The Morgan fingerprint density at radius 2 is 1.07 bits per heavy atom. The van der Waals surface area contributed by atoms with Gasteiger partial charge < -0.3 is 20.1 Å². The number of nitrogens with zero attached hydrogens (tertiary/aromatic N) is 6. The number of benzene rings is 2. The molecule has 6 atom stereocenters. The fraction of sp³-hybridized carbons (Fsp3) is 0.404. The van der Waals surface area contributed by atoms with Crippen LogP contribution in [0.1, 0.15) is 80.1 Å². The van der Waals surface area contributed by atoms with Crippen molar-refractivity contribution >= 4 is 68.2 Å². The molecule has 2 saturated heterocycles. The first-order chi connectivity index (χ1) is 31.2. The van der Waals surface area contributed by atoms with Crippen LogP contribution in [0, 0.1) is 36.6 Å². The monoisotopic (exact) mass is 964 g/mol. The Hall–Kier alpha value is -5.80. The van der Waals surface area contributed by atoms with E-state index < -0.39 is 58.6 Å². The standard InChI is InChI=1S/2C23H21F3N4O2S.CH4/c2*1-13-30-23(12-32-20(22(2,25)26)8-14(23)11-33-13)17-9-15(4-6-18(17)24)29-21(31)19-7-5-16(27-3)10-28-19;/h2*4-7,9-10,14,20H,8,11-12H2,1-2H3,(H,29,31);1H4/t14-,20?,23-;14-,20+,23-;/m00./s1. The summed E-state index contributed by atoms with van der Waals surface area (Å²) in [5.74, 6) is -7.88. The maximum absolute atomic E-state index is 15.1. The van der Waals surface area contributed by atoms with Crippen molar-refractivity contribution in [2.24, 2.45) is 21.8 Å². The largest absolute Gasteiger partial charge is 0.369 e. The zero-order valence-corrected chi connectivity index (χ0v) is 37.5. The van der Waals surface area contributed by atoms with E-state index in [1.54, 1.807) is 13.8 Å². The van der Waals surface area contributed by atoms with Crippen molar-refractivity contribution in [2.75, 3.05) is 35.4 Å². The number of aliphatic imine (C=N–C) groups is 2. The summed E-state index contributed by atoms with van der Waals surface area (Å²) in [5, 5.41) is 6.79. The first-order valence-electron chi connectivity index (χ1n) is 20.5. The number of carbonyl (C=O) groups excluding carboxylic acids is 2. The Morgan fingerprint density at radius 1 is 0.687 bits per heavy atom. The van der Waals surface area contributed by atoms with Gasteiger partial charge in [0.1, 0.15) is 46.3 Å². The normalized spacial score (nSPS) is 24.5. The highest BCUT2D eigenvalue weighted by atomic mass is 32.2. The number of hydrogen-bond acceptors (Lipinski definition) is 10. The Labute approximate surface area is 392 Å². The van der Waals surface area contributed by atoms with Gasteiger partial charge in [-0.05, 0) is 75.2 Å². The van der Waals surface area contributed by atoms with Crippen LogP contribution >= 0.6 is 23.5 Å². The fourth-order valence-corrected chi connectivity index (χ4v) is 10.5. The Kier molecular flexibility index (Phi) is 15.3. The van der Waals surface area contributed by atoms with Gasteiger partial charge in [0.25, 0.3) is 23.7 Å². The van der Waals surface area contributed by atoms with Crippen LogP contribution in [0.15, 0.2) is 83.0 Å². The van der Waals surface area contributed by atoms with Crippen LogP contribution in [0.3, 0.4) is 0 Å². The first kappa shape index (κ1) is 50.6. The van der Waals surface area contributed by atoms with Gasteiger partial charge in [0, 0.05) is 72.1 Å². The van der Waals surface area contributed by atoms with Crippen molar-refractivity contribution in [3.8, 4) is 0 Å². The number of anilines is 2. The van der Waals surface area contributed by atoms with Crippen LogP contribution < -0.4 is 10.6 Å². The highest BCUT2D eigenvalue weighted by Crippen LogP contribution is 2.51. The molecule has 4 aliphatic heterocycles. The number of ether oxygens (including phenoxy) is 2. The third kappa shape index (κ3) is 11.0. The number of pyridine rings is 2. The molecule has 8 rings (SSSR count). The molecule has 2 N–H and O–H groups in total. The molecule has 6 heterocycles. The molecular weight excluding hydrogens is 919 g/mol. The summed E-state index contributed by atoms with van der Waals surface area (Å²) < 4.78 is 97.1. The van der Waals surface area contributed by atoms with E-state index in [0.29, 0.717) is 34.3 Å². The molecule has 20 heteroatoms. The number of aromatic nitrogens is 2. The molecule has 2 amide bonds. The quantitative estimate of drug-likeness (QED) is 0.132. The predicted octanol–water partition coefficient (Wildman–Crippen LogP) is 11.5. The Balaban J connectivity index is 0.000000218. The van der Waals surface area contributed by atoms with E-state index in [2.05, 4.69) is 30.3 Å². The molecule has 1 unspecified atom stereocenters. The lowest BCUT2D eigenvalue weighted by molar-refractivity contribution is -0.170. The maximum Gasteiger partial charge on any atom is 0.274 e. The zero-order chi connectivity index (χ0) is 47.6. The van der Waals surface area contributed by atoms with Gasteiger partial charge in [-0.15, -0.1) is 23.5 Å². The summed E-state index contributed by atoms with van der Waals surface area (Å²) in [7, 11) is 0. The van der Waals surface area contributed by atoms with Gasteiger partial charge in [-0.3, -0.25) is 29.5 Å². The van der Waals surface area contributed by atoms with Crippen LogP contribution in [-0.4, -0.2) is 80.6 Å². The molecule has 0 saturated carbocycles. The lowest BCUT2D eigenvalue weighted by Crippen LogP contribution is -2.53. The van der Waals surface area contributed by atoms with Crippen LogP contribution in [0.4, 0.5) is 49.1 Å². The second-order valence-electron chi connectivity index (χ2n) is 16.4. The van der Waals surface area contributed by atoms with E-state index in [1.807, 2.05) is 0 Å². The van der Waals surface area contributed by atoms with Gasteiger partial charge in [0.15, 0.2) is 0 Å². The van der Waals surface area contributed by atoms with Crippen molar-refractivity contribution in [3.63, 3.8) is 0 Å². The molecule has 0 radical (unpaired) electrons. The van der Waals surface area contributed by atoms with Gasteiger partial charge in [-0.25, -0.2) is 36.0 Å². The van der Waals surface area contributed by atoms with E-state index in [0.717, 1.165) is 23.9 Å². The SMILES string of the molecule is C.[C-]#[N+]c1ccc(C(=O)Nc2ccc(F)c([C@]34COC(C(C)(F)F)C[C@H]3CSC(C)=N4)c2)nc1.[C-]#[N+]c1ccc(C(=O)Nc2ccc(F)c([C@]34CO[C@@H](C(C)(F)F)C[C@H]3CSC(C)=N4)c2)nc1. The minimum absolute atomic E-state index is 0. The van der Waals surface area contributed by atoms with Crippen molar-refractivity contribution in [2.45, 2.75) is 83.1 Å². The topological polar surface area (TPSA) is 136 Å². The average Bonchev–Trinajstić information content (AvgIpc) is 3.29. The molecular formula is C47H46F6N8O4S2. The second kappa shape index (κ2) is 20.2. The number of thioether (sulfide) groups is 2. The van der Waals surface area contributed by atoms with E-state index >= 15 is 8.78 Å². The number of nitrogens with one attached hydrogen (secondary N) is 2. The Bertz CT molecular complexity index is 2470. The minimum atomic E-state index is -3.02. The lowest BCUT2D eigenvalue weighted by Gasteiger charge is -2.47. The van der Waals surface area contributed by atoms with Crippen molar-refractivity contribution in [1.82, 2.24) is 9.97 Å². The number of amides is 2. The lowest BCUT2D eigenvalue weighted by atomic mass is 9.74. The Morgan fingerprint density at radius 3 is 1.40 bits per heavy atom. The number of alkyl halides is 4. The molecule has 0 spiro atoms. The molecule has 4 aliphatic rings. The smallest absolute Gasteiger partial charge is 0.274 e. The molecule has 2 fully saturated rings. The molecule has 2 aromatic heterocycles. The van der Waals surface area contributed by atoms with E-state index in [9.17, 15) is 27.2 Å². The number of carbonyl (C=O) groups is 2. The molecule has 12 nitrogen and oxygen atoms in total. The first-order valence-corrected chi connectivity index (χ1v) is 22.5. The van der Waals surface area contributed by atoms with Crippen LogP contribution in [0.5, 0.6) is 0 Å². The summed E-state index contributed by atoms with van der Waals surface area (Å²) in [6.07, 6.45) is 0.137. The van der Waals surface area contributed by atoms with Crippen LogP contribution in [0.2, 0.25) is 0 Å². The summed E-state index contributed by atoms with van der Waals surface area (Å²) in [6.45, 7) is 18.8. The van der Waals surface area contributed by atoms with Crippen LogP contribution in [-0.2, 0) is 20.6 Å². The van der Waals surface area contributed by atoms with Gasteiger partial charge in [0.2, 0.25) is 11.4 Å². The van der Waals surface area contributed by atoms with Crippen molar-refractivity contribution in [1.29, 1.82) is 0 Å². The number of halogens is 6. The van der Waals surface area contributed by atoms with E-state index in [1.165, 1.54) is 96.6 Å². The number of fused-ring (bicyclic) bond motifs is 2. The molecule has 0 bridgehead atoms. The van der Waals surface area contributed by atoms with Gasteiger partial charge >= 0.3 is 0 Å². The predicted molar refractivity (Wildman–Crippen MR) is 248 cm³/mol. The van der Waals surface area contributed by atoms with Gasteiger partial charge in [-0.2, -0.15) is 0 Å². The third-order valence-corrected chi connectivity index (χ3v) is 13.9. The van der Waals surface area contributed by atoms with Gasteiger partial charge in [0.05, 0.1) is 36.4 Å². The fourth-order valence-electron chi connectivity index (χ4n) is 8.32. The maximum atomic E-state index is 15.1. The molecule has 67 heavy (non-hydrogen) atoms. The van der Waals surface area contributed by atoms with E-state index in [4.69, 9.17) is 32.6 Å². The van der Waals surface area contributed by atoms with E-state index in [-0.39, 0.29) is 67.8 Å². The molecule has 4 aromatic rings. The zero-order valence-electron chi connectivity index (χ0n) is 35.9. The summed E-state index contributed by atoms with van der Waals surface area (Å²) in [4.78, 5) is 49.0. The van der Waals surface area contributed by atoms with Gasteiger partial charge in [-0.1, -0.05) is 19.6 Å². The van der Waals surface area contributed by atoms with Crippen molar-refractivity contribution in [3.05, 3.63) is 130 Å². The molecule has 2 aromatic carbocycles. The summed E-state index contributed by atoms with van der Waals surface area (Å²) in [6, 6.07) is 14.0. The minimum Gasteiger partial charge on any atom is -0.369 e. The average molecular weight is 965 g/mol. The highest BCUT2D eigenvalue weighted by molar-refractivity contribution is 8.14. The van der Waals surface area contributed by atoms with Crippen LogP contribution in [0.25, 0.3) is 9.69 Å². The highest BCUT2D eigenvalue weighted by Gasteiger charge is 2.54. The summed E-state index contributed by atoms with van der Waals surface area (Å²) in [5.41, 5.74) is -0.491. The molecule has 352 valence electrons. The third-order valence-electron chi connectivity index (χ3n) is 11.8. The van der Waals surface area contributed by atoms with Crippen molar-refractivity contribution < 1.29 is 45.4 Å². The number of rotatable bonds is 8. The second-order valence-corrected chi connectivity index (χ2v) is 18.9.